The van der Waals surface area contributed by atoms with Crippen LogP contribution >= 0.6 is 0 Å². The first-order chi connectivity index (χ1) is 17.1. The van der Waals surface area contributed by atoms with Crippen LogP contribution in [0.4, 0.5) is 0 Å². The summed E-state index contributed by atoms with van der Waals surface area (Å²) < 4.78 is 5.96. The van der Waals surface area contributed by atoms with Crippen molar-refractivity contribution in [2.45, 2.75) is 44.1 Å². The number of aldehydes is 1. The Morgan fingerprint density at radius 3 is 2.17 bits per heavy atom. The Balaban J connectivity index is 1.52. The predicted molar refractivity (Wildman–Crippen MR) is 141 cm³/mol. The molecule has 1 aliphatic heterocycles. The van der Waals surface area contributed by atoms with Gasteiger partial charge in [0.05, 0.1) is 11.5 Å². The monoisotopic (exact) mass is 474 g/mol. The quantitative estimate of drug-likeness (QED) is 0.270. The van der Waals surface area contributed by atoms with Gasteiger partial charge in [-0.1, -0.05) is 78.9 Å². The number of nitrogens with zero attached hydrogens (tertiary/aromatic N) is 1. The van der Waals surface area contributed by atoms with Gasteiger partial charge in [-0.25, -0.2) is 0 Å². The number of piperidine rings is 1. The number of nitrogens with one attached hydrogen (secondary N) is 1. The first-order valence-electron chi connectivity index (χ1n) is 12.5. The molecule has 3 rings (SSSR count). The van der Waals surface area contributed by atoms with E-state index in [0.29, 0.717) is 13.0 Å². The lowest BCUT2D eigenvalue weighted by Gasteiger charge is -2.42. The molecule has 35 heavy (non-hydrogen) atoms. The molecule has 2 aromatic rings. The van der Waals surface area contributed by atoms with Crippen LogP contribution in [0.2, 0.25) is 0 Å². The van der Waals surface area contributed by atoms with Gasteiger partial charge < -0.3 is 19.7 Å². The van der Waals surface area contributed by atoms with Gasteiger partial charge in [-0.2, -0.15) is 0 Å². The molecule has 1 aliphatic rings. The van der Waals surface area contributed by atoms with Crippen LogP contribution in [0, 0.1) is 0 Å². The Morgan fingerprint density at radius 1 is 1.06 bits per heavy atom. The van der Waals surface area contributed by atoms with Crippen LogP contribution in [0.15, 0.2) is 84.5 Å². The first kappa shape index (κ1) is 26.6. The maximum atomic E-state index is 13.2. The maximum absolute atomic E-state index is 13.2. The first-order valence-corrected chi connectivity index (χ1v) is 12.5. The van der Waals surface area contributed by atoms with E-state index in [0.717, 1.165) is 61.9 Å². The summed E-state index contributed by atoms with van der Waals surface area (Å²) in [5, 5.41) is 3.16. The molecule has 5 heteroatoms. The lowest BCUT2D eigenvalue weighted by atomic mass is 9.82. The molecule has 186 valence electrons. The van der Waals surface area contributed by atoms with Crippen molar-refractivity contribution in [3.05, 3.63) is 95.6 Å². The van der Waals surface area contributed by atoms with Gasteiger partial charge in [0.15, 0.2) is 0 Å². The summed E-state index contributed by atoms with van der Waals surface area (Å²) in [6.07, 6.45) is 9.94. The molecule has 1 fully saturated rings. The third kappa shape index (κ3) is 7.23. The fourth-order valence-electron chi connectivity index (χ4n) is 4.90. The number of carbonyl (C=O) groups excluding carboxylic acids is 2. The Hall–Kier alpha value is -3.02. The summed E-state index contributed by atoms with van der Waals surface area (Å²) >= 11 is 0. The van der Waals surface area contributed by atoms with Crippen molar-refractivity contribution in [1.29, 1.82) is 0 Å². The van der Waals surface area contributed by atoms with E-state index >= 15 is 0 Å². The molecule has 1 amide bonds. The van der Waals surface area contributed by atoms with Crippen molar-refractivity contribution in [3.63, 3.8) is 0 Å². The molecule has 0 unspecified atom stereocenters. The van der Waals surface area contributed by atoms with Gasteiger partial charge in [0.1, 0.15) is 6.29 Å². The lowest BCUT2D eigenvalue weighted by Crippen LogP contribution is -2.47. The van der Waals surface area contributed by atoms with E-state index < -0.39 is 0 Å². The van der Waals surface area contributed by atoms with Crippen molar-refractivity contribution < 1.29 is 14.3 Å². The highest BCUT2D eigenvalue weighted by Gasteiger charge is 2.37. The highest BCUT2D eigenvalue weighted by Crippen LogP contribution is 2.34. The molecule has 0 spiro atoms. The molecule has 0 aliphatic carbocycles. The van der Waals surface area contributed by atoms with Gasteiger partial charge in [-0.15, -0.1) is 0 Å². The van der Waals surface area contributed by atoms with E-state index in [1.807, 2.05) is 85.8 Å². The highest BCUT2D eigenvalue weighted by molar-refractivity contribution is 5.87. The number of hydrogen-bond acceptors (Lipinski definition) is 4. The van der Waals surface area contributed by atoms with Gasteiger partial charge in [0.25, 0.3) is 0 Å². The number of methoxy groups -OCH3 is 1. The van der Waals surface area contributed by atoms with Crippen LogP contribution < -0.4 is 5.32 Å². The lowest BCUT2D eigenvalue weighted by molar-refractivity contribution is -0.121. The Bertz CT molecular complexity index is 938. The third-order valence-corrected chi connectivity index (χ3v) is 6.91. The molecule has 5 nitrogen and oxygen atoms in total. The molecule has 0 atom stereocenters. The number of amides is 1. The van der Waals surface area contributed by atoms with Gasteiger partial charge in [0, 0.05) is 33.2 Å². The molecule has 1 heterocycles. The summed E-state index contributed by atoms with van der Waals surface area (Å²) in [5.74, 6) is -0.276. The molecule has 0 bridgehead atoms. The van der Waals surface area contributed by atoms with Crippen LogP contribution in [0.1, 0.15) is 49.7 Å². The molecule has 0 radical (unpaired) electrons. The fraction of sp³-hybridized carbons (Fsp3) is 0.400. The van der Waals surface area contributed by atoms with E-state index in [1.54, 1.807) is 7.11 Å². The standard InChI is InChI=1S/C30H38N2O3/c1-3-4-16-27(17-24-33)30(35-2)18-22-32(23-19-30)21-11-20-31-29(34)28(25-12-7-5-8-13-25)26-14-9-6-10-15-26/h3-10,12-16,24,28H,11,17-23H2,1-2H3,(H,31,34)/b4-3-,27-16+. The van der Waals surface area contributed by atoms with Crippen LogP contribution in [-0.4, -0.2) is 56.0 Å². The molecular formula is C30H38N2O3. The molecule has 1 N–H and O–H groups in total. The SMILES string of the molecule is C/C=C\C=C(/CC=O)C1(OC)CCN(CCCNC(=O)C(c2ccccc2)c2ccccc2)CC1. The smallest absolute Gasteiger partial charge is 0.232 e. The summed E-state index contributed by atoms with van der Waals surface area (Å²) in [5.41, 5.74) is 2.68. The minimum absolute atomic E-state index is 0.0343. The second kappa shape index (κ2) is 13.8. The van der Waals surface area contributed by atoms with Crippen LogP contribution in [0.3, 0.4) is 0 Å². The number of allylic oxidation sites excluding steroid dienone is 3. The molecule has 2 aromatic carbocycles. The number of hydrogen-bond donors (Lipinski definition) is 1. The Labute approximate surface area is 209 Å². The van der Waals surface area contributed by atoms with Gasteiger partial charge in [-0.3, -0.25) is 4.79 Å². The zero-order valence-electron chi connectivity index (χ0n) is 21.0. The van der Waals surface area contributed by atoms with Crippen molar-refractivity contribution in [3.8, 4) is 0 Å². The predicted octanol–water partition coefficient (Wildman–Crippen LogP) is 4.90. The normalized spacial score (nSPS) is 16.5. The molecule has 1 saturated heterocycles. The zero-order valence-corrected chi connectivity index (χ0v) is 21.0. The van der Waals surface area contributed by atoms with Crippen molar-refractivity contribution in [2.75, 3.05) is 33.3 Å². The second-order valence-electron chi connectivity index (χ2n) is 9.03. The van der Waals surface area contributed by atoms with Crippen LogP contribution in [0.5, 0.6) is 0 Å². The minimum atomic E-state index is -0.371. The van der Waals surface area contributed by atoms with Crippen molar-refractivity contribution >= 4 is 12.2 Å². The zero-order chi connectivity index (χ0) is 24.9. The third-order valence-electron chi connectivity index (χ3n) is 6.91. The topological polar surface area (TPSA) is 58.6 Å². The van der Waals surface area contributed by atoms with E-state index in [2.05, 4.69) is 10.2 Å². The molecular weight excluding hydrogens is 436 g/mol. The van der Waals surface area contributed by atoms with E-state index in [9.17, 15) is 9.59 Å². The number of carbonyl (C=O) groups is 2. The summed E-state index contributed by atoms with van der Waals surface area (Å²) in [6, 6.07) is 19.9. The summed E-state index contributed by atoms with van der Waals surface area (Å²) in [7, 11) is 1.75. The number of rotatable bonds is 12. The molecule has 0 aromatic heterocycles. The van der Waals surface area contributed by atoms with Crippen LogP contribution in [-0.2, 0) is 14.3 Å². The number of ether oxygens (including phenoxy) is 1. The van der Waals surface area contributed by atoms with E-state index in [-0.39, 0.29) is 17.4 Å². The average Bonchev–Trinajstić information content (AvgIpc) is 2.91. The van der Waals surface area contributed by atoms with Gasteiger partial charge >= 0.3 is 0 Å². The average molecular weight is 475 g/mol. The summed E-state index contributed by atoms with van der Waals surface area (Å²) in [4.78, 5) is 26.8. The summed E-state index contributed by atoms with van der Waals surface area (Å²) in [6.45, 7) is 5.34. The fourth-order valence-corrected chi connectivity index (χ4v) is 4.90. The number of benzene rings is 2. The van der Waals surface area contributed by atoms with Crippen molar-refractivity contribution in [2.24, 2.45) is 0 Å². The minimum Gasteiger partial charge on any atom is -0.374 e. The van der Waals surface area contributed by atoms with Crippen molar-refractivity contribution in [1.82, 2.24) is 10.2 Å². The van der Waals surface area contributed by atoms with Gasteiger partial charge in [-0.05, 0) is 49.4 Å². The maximum Gasteiger partial charge on any atom is 0.232 e. The second-order valence-corrected chi connectivity index (χ2v) is 9.03. The largest absolute Gasteiger partial charge is 0.374 e. The van der Waals surface area contributed by atoms with Gasteiger partial charge in [0.2, 0.25) is 5.91 Å². The van der Waals surface area contributed by atoms with E-state index in [1.165, 1.54) is 0 Å². The highest BCUT2D eigenvalue weighted by atomic mass is 16.5. The Kier molecular flexibility index (Phi) is 10.5. The Morgan fingerprint density at radius 2 is 1.66 bits per heavy atom. The van der Waals surface area contributed by atoms with Crippen LogP contribution in [0.25, 0.3) is 0 Å². The number of likely N-dealkylation sites (tertiary alicyclic amines) is 1. The van der Waals surface area contributed by atoms with E-state index in [4.69, 9.17) is 4.74 Å². The molecule has 0 saturated carbocycles.